The molecule has 3 N–H and O–H groups in total. The summed E-state index contributed by atoms with van der Waals surface area (Å²) in [5.41, 5.74) is 0.963. The van der Waals surface area contributed by atoms with E-state index in [9.17, 15) is 28.8 Å². The molecule has 16 heteroatoms. The number of fused-ring (bicyclic) bond motifs is 3. The summed E-state index contributed by atoms with van der Waals surface area (Å²) >= 11 is 1.10. The van der Waals surface area contributed by atoms with Crippen molar-refractivity contribution in [1.82, 2.24) is 20.9 Å². The number of alkyl carbamates (subject to hydrolysis) is 1. The van der Waals surface area contributed by atoms with Crippen molar-refractivity contribution in [2.75, 3.05) is 13.2 Å². The molecular formula is C42H51N5O10S. The summed E-state index contributed by atoms with van der Waals surface area (Å²) in [6, 6.07) is 14.3. The molecule has 2 heterocycles. The number of rotatable bonds is 15. The van der Waals surface area contributed by atoms with Crippen molar-refractivity contribution in [2.24, 2.45) is 11.1 Å². The monoisotopic (exact) mass is 817 g/mol. The molecule has 0 unspecified atom stereocenters. The maximum atomic E-state index is 13.9. The van der Waals surface area contributed by atoms with E-state index in [1.165, 1.54) is 26.2 Å². The first-order valence-electron chi connectivity index (χ1n) is 19.0. The lowest BCUT2D eigenvalue weighted by molar-refractivity contribution is -0.179. The van der Waals surface area contributed by atoms with Gasteiger partial charge in [0.15, 0.2) is 11.5 Å². The molecule has 15 nitrogen and oxygen atoms in total. The minimum absolute atomic E-state index is 0.0371. The molecule has 310 valence electrons. The molecule has 0 spiro atoms. The standard InChI is InChI=1S/C42H51N5O10S/c1-23(44-39(53)54-21-29-26-16-12-10-14-24(26)25-15-11-13-17-27(25)29)36(50)43-20-30-28(37(51)46-30)18-32(48)35(47-57-42(8,9)38(52)56-41(5,6)7)31-22-58-33(45-31)19-34(49)55-40(2,3)4/h10-17,22-23,28-30H,18-21H2,1-9H3,(H,43,50)(H,44,53)(H,46,51)/b47-35-/t23-,28+,30-/m1/s1. The van der Waals surface area contributed by atoms with Crippen molar-refractivity contribution in [3.63, 3.8) is 0 Å². The van der Waals surface area contributed by atoms with Gasteiger partial charge in [-0.2, -0.15) is 0 Å². The Morgan fingerprint density at radius 3 is 2.09 bits per heavy atom. The highest BCUT2D eigenvalue weighted by atomic mass is 32.1. The van der Waals surface area contributed by atoms with Gasteiger partial charge >= 0.3 is 18.0 Å². The molecule has 3 atom stereocenters. The van der Waals surface area contributed by atoms with E-state index in [-0.39, 0.29) is 43.3 Å². The van der Waals surface area contributed by atoms with Gasteiger partial charge in [0.05, 0.1) is 18.4 Å². The van der Waals surface area contributed by atoms with Crippen LogP contribution in [-0.2, 0) is 49.4 Å². The highest BCUT2D eigenvalue weighted by Crippen LogP contribution is 2.44. The van der Waals surface area contributed by atoms with Crippen LogP contribution in [0.2, 0.25) is 0 Å². The summed E-state index contributed by atoms with van der Waals surface area (Å²) < 4.78 is 16.4. The Morgan fingerprint density at radius 1 is 0.897 bits per heavy atom. The van der Waals surface area contributed by atoms with Gasteiger partial charge in [0.1, 0.15) is 34.6 Å². The van der Waals surface area contributed by atoms with Crippen LogP contribution in [0.3, 0.4) is 0 Å². The molecule has 1 fully saturated rings. The normalized spacial score (nSPS) is 17.1. The first-order valence-corrected chi connectivity index (χ1v) is 19.9. The molecule has 0 bridgehead atoms. The largest absolute Gasteiger partial charge is 0.460 e. The second kappa shape index (κ2) is 17.5. The lowest BCUT2D eigenvalue weighted by Crippen LogP contribution is -2.63. The van der Waals surface area contributed by atoms with E-state index in [1.807, 2.05) is 48.5 Å². The maximum absolute atomic E-state index is 13.9. The minimum Gasteiger partial charge on any atom is -0.460 e. The number of amides is 3. The first-order chi connectivity index (χ1) is 27.1. The Kier molecular flexibility index (Phi) is 13.1. The third-order valence-corrected chi connectivity index (χ3v) is 10.0. The van der Waals surface area contributed by atoms with E-state index < -0.39 is 70.4 Å². The molecule has 1 aliphatic carbocycles. The molecule has 58 heavy (non-hydrogen) atoms. The Labute approximate surface area is 341 Å². The number of nitrogens with zero attached hydrogens (tertiary/aromatic N) is 2. The van der Waals surface area contributed by atoms with Gasteiger partial charge in [-0.3, -0.25) is 19.2 Å². The fraction of sp³-hybridized carbons (Fsp3) is 0.476. The quantitative estimate of drug-likeness (QED) is 0.0614. The highest BCUT2D eigenvalue weighted by molar-refractivity contribution is 7.10. The molecule has 2 aliphatic rings. The summed E-state index contributed by atoms with van der Waals surface area (Å²) in [5.74, 6) is -3.82. The molecule has 1 aliphatic heterocycles. The van der Waals surface area contributed by atoms with Crippen LogP contribution in [0.5, 0.6) is 0 Å². The number of Topliss-reactive ketones (excluding diaryl/α,β-unsaturated/α-hetero) is 1. The molecule has 0 radical (unpaired) electrons. The zero-order valence-electron chi connectivity index (χ0n) is 34.2. The van der Waals surface area contributed by atoms with Gasteiger partial charge in [-0.1, -0.05) is 53.7 Å². The van der Waals surface area contributed by atoms with E-state index in [0.29, 0.717) is 5.01 Å². The Bertz CT molecular complexity index is 2050. The molecule has 3 amide bonds. The van der Waals surface area contributed by atoms with Crippen molar-refractivity contribution in [2.45, 2.75) is 110 Å². The molecule has 3 aromatic rings. The summed E-state index contributed by atoms with van der Waals surface area (Å²) in [4.78, 5) is 87.7. The van der Waals surface area contributed by atoms with Crippen LogP contribution in [0.4, 0.5) is 4.79 Å². The Morgan fingerprint density at radius 2 is 1.50 bits per heavy atom. The van der Waals surface area contributed by atoms with Gasteiger partial charge in [-0.25, -0.2) is 14.6 Å². The minimum atomic E-state index is -1.61. The Hall–Kier alpha value is -5.64. The number of nitrogens with one attached hydrogen (secondary N) is 3. The van der Waals surface area contributed by atoms with Gasteiger partial charge in [0, 0.05) is 24.3 Å². The number of hydrogen-bond acceptors (Lipinski definition) is 13. The third kappa shape index (κ3) is 11.1. The van der Waals surface area contributed by atoms with Crippen molar-refractivity contribution >= 4 is 52.7 Å². The van der Waals surface area contributed by atoms with Crippen LogP contribution in [0.1, 0.15) is 96.5 Å². The van der Waals surface area contributed by atoms with Gasteiger partial charge in [-0.15, -0.1) is 11.3 Å². The number of β-lactam (4-membered cyclic amide) rings is 1. The SMILES string of the molecule is C[C@@H](NC(=O)OCC1c2ccccc2-c2ccccc21)C(=O)NC[C@H]1NC(=O)[C@H]1CC(=O)/C(=N\OC(C)(C)C(=O)OC(C)(C)C)c1csc(CC(=O)OC(C)(C)C)n1. The van der Waals surface area contributed by atoms with E-state index >= 15 is 0 Å². The number of oxime groups is 1. The maximum Gasteiger partial charge on any atom is 0.407 e. The third-order valence-electron chi connectivity index (χ3n) is 9.15. The number of thiazole rings is 1. The van der Waals surface area contributed by atoms with E-state index in [4.69, 9.17) is 19.0 Å². The summed E-state index contributed by atoms with van der Waals surface area (Å²) in [6.07, 6.45) is -1.26. The van der Waals surface area contributed by atoms with Crippen LogP contribution in [0.25, 0.3) is 11.1 Å². The van der Waals surface area contributed by atoms with E-state index in [0.717, 1.165) is 33.6 Å². The first kappa shape index (κ1) is 43.5. The topological polar surface area (TPSA) is 201 Å². The fourth-order valence-electron chi connectivity index (χ4n) is 6.29. The predicted octanol–water partition coefficient (Wildman–Crippen LogP) is 4.99. The second-order valence-corrected chi connectivity index (χ2v) is 17.7. The lowest BCUT2D eigenvalue weighted by Gasteiger charge is -2.36. The van der Waals surface area contributed by atoms with Gasteiger partial charge in [0.25, 0.3) is 0 Å². The van der Waals surface area contributed by atoms with E-state index in [1.54, 1.807) is 41.5 Å². The van der Waals surface area contributed by atoms with Crippen LogP contribution in [-0.4, -0.2) is 88.4 Å². The molecule has 5 rings (SSSR count). The number of aromatic nitrogens is 1. The average Bonchev–Trinajstić information content (AvgIpc) is 3.71. The number of carbonyl (C=O) groups excluding carboxylic acids is 6. The van der Waals surface area contributed by atoms with Crippen molar-refractivity contribution in [1.29, 1.82) is 0 Å². The summed E-state index contributed by atoms with van der Waals surface area (Å²) in [7, 11) is 0. The highest BCUT2D eigenvalue weighted by Gasteiger charge is 2.42. The Balaban J connectivity index is 1.19. The number of ether oxygens (including phenoxy) is 3. The van der Waals surface area contributed by atoms with Crippen molar-refractivity contribution in [3.05, 3.63) is 75.7 Å². The van der Waals surface area contributed by atoms with E-state index in [2.05, 4.69) is 26.1 Å². The molecule has 0 saturated carbocycles. The van der Waals surface area contributed by atoms with Crippen molar-refractivity contribution < 1.29 is 47.8 Å². The van der Waals surface area contributed by atoms with Crippen LogP contribution in [0.15, 0.2) is 59.1 Å². The summed E-state index contributed by atoms with van der Waals surface area (Å²) in [5, 5.41) is 13.9. The van der Waals surface area contributed by atoms with Gasteiger partial charge in [-0.05, 0) is 84.6 Å². The summed E-state index contributed by atoms with van der Waals surface area (Å²) in [6.45, 7) is 14.7. The second-order valence-electron chi connectivity index (χ2n) is 16.7. The molecule has 1 saturated heterocycles. The predicted molar refractivity (Wildman–Crippen MR) is 215 cm³/mol. The smallest absolute Gasteiger partial charge is 0.407 e. The van der Waals surface area contributed by atoms with Crippen LogP contribution in [0, 0.1) is 5.92 Å². The van der Waals surface area contributed by atoms with Gasteiger partial charge in [0.2, 0.25) is 17.4 Å². The fourth-order valence-corrected chi connectivity index (χ4v) is 7.05. The molecular weight excluding hydrogens is 767 g/mol. The van der Waals surface area contributed by atoms with Gasteiger partial charge < -0.3 is 35.0 Å². The number of ketones is 1. The number of benzene rings is 2. The van der Waals surface area contributed by atoms with Crippen molar-refractivity contribution in [3.8, 4) is 11.1 Å². The average molecular weight is 818 g/mol. The number of carbonyl (C=O) groups is 6. The zero-order valence-corrected chi connectivity index (χ0v) is 35.0. The molecule has 1 aromatic heterocycles. The lowest BCUT2D eigenvalue weighted by atomic mass is 9.84. The molecule has 2 aromatic carbocycles. The van der Waals surface area contributed by atoms with Crippen LogP contribution < -0.4 is 16.0 Å². The number of hydrogen-bond donors (Lipinski definition) is 3. The van der Waals surface area contributed by atoms with Crippen LogP contribution >= 0.6 is 11.3 Å². The zero-order chi connectivity index (χ0) is 42.6. The number of esters is 2.